The Bertz CT molecular complexity index is 823. The monoisotopic (exact) mass is 346 g/mol. The van der Waals surface area contributed by atoms with Crippen molar-refractivity contribution in [2.75, 3.05) is 0 Å². The van der Waals surface area contributed by atoms with Crippen LogP contribution < -0.4 is 4.43 Å². The Morgan fingerprint density at radius 3 is 2.36 bits per heavy atom. The topological polar surface area (TPSA) is 47.4 Å². The number of hydrogen-bond donors (Lipinski definition) is 0. The second-order valence-electron chi connectivity index (χ2n) is 5.88. The maximum atomic E-state index is 6.05. The van der Waals surface area contributed by atoms with Crippen LogP contribution >= 0.6 is 0 Å². The predicted octanol–water partition coefficient (Wildman–Crippen LogP) is 4.58. The molecule has 1 radical (unpaired) electrons. The molecule has 1 aromatic heterocycles. The van der Waals surface area contributed by atoms with E-state index >= 15 is 0 Å². The lowest BCUT2D eigenvalue weighted by Gasteiger charge is -2.13. The first kappa shape index (κ1) is 17.0. The Hall–Kier alpha value is -2.79. The fourth-order valence-electron chi connectivity index (χ4n) is 2.40. The molecule has 0 unspecified atom stereocenters. The van der Waals surface area contributed by atoms with Crippen molar-refractivity contribution in [2.24, 2.45) is 4.99 Å². The maximum absolute atomic E-state index is 6.05. The lowest BCUT2D eigenvalue weighted by Crippen LogP contribution is -2.12. The molecule has 0 aliphatic carbocycles. The number of aromatic nitrogens is 2. The van der Waals surface area contributed by atoms with Gasteiger partial charge in [0.25, 0.3) is 9.04 Å². The Kier molecular flexibility index (Phi) is 5.35. The minimum absolute atomic E-state index is 0.596. The van der Waals surface area contributed by atoms with Crippen molar-refractivity contribution in [3.05, 3.63) is 83.9 Å². The van der Waals surface area contributed by atoms with Gasteiger partial charge in [-0.1, -0.05) is 36.4 Å². The van der Waals surface area contributed by atoms with Crippen molar-refractivity contribution in [1.29, 1.82) is 0 Å². The van der Waals surface area contributed by atoms with Crippen molar-refractivity contribution >= 4 is 20.4 Å². The van der Waals surface area contributed by atoms with Crippen LogP contribution in [-0.2, 0) is 0 Å². The smallest absolute Gasteiger partial charge is 0.274 e. The molecule has 0 spiro atoms. The third-order valence-corrected chi connectivity index (χ3v) is 4.11. The Labute approximate surface area is 150 Å². The third kappa shape index (κ3) is 4.39. The van der Waals surface area contributed by atoms with Gasteiger partial charge in [-0.15, -0.1) is 0 Å². The van der Waals surface area contributed by atoms with Gasteiger partial charge in [0, 0.05) is 18.0 Å². The Morgan fingerprint density at radius 1 is 0.960 bits per heavy atom. The summed E-state index contributed by atoms with van der Waals surface area (Å²) in [5.74, 6) is 1.40. The van der Waals surface area contributed by atoms with E-state index in [-0.39, 0.29) is 0 Å². The highest BCUT2D eigenvalue weighted by Crippen LogP contribution is 2.30. The highest BCUT2D eigenvalue weighted by molar-refractivity contribution is 6.49. The van der Waals surface area contributed by atoms with Gasteiger partial charge in [-0.05, 0) is 43.8 Å². The van der Waals surface area contributed by atoms with Crippen molar-refractivity contribution in [3.63, 3.8) is 0 Å². The van der Waals surface area contributed by atoms with E-state index in [1.165, 1.54) is 0 Å². The summed E-state index contributed by atoms with van der Waals surface area (Å²) in [5.41, 5.74) is 3.65. The standard InChI is InChI=1S/C20H20N3OSi/c1-15-10-11-17(18(14-15)24-25(2)3)23-19(16-8-5-4-6-9-16)20-21-12-7-13-22-20/h4-14H,1-3H3. The van der Waals surface area contributed by atoms with Crippen molar-refractivity contribution in [1.82, 2.24) is 9.97 Å². The molecule has 5 heteroatoms. The summed E-state index contributed by atoms with van der Waals surface area (Å²) in [6.07, 6.45) is 3.46. The van der Waals surface area contributed by atoms with Crippen LogP contribution in [0.4, 0.5) is 5.69 Å². The Morgan fingerprint density at radius 2 is 1.68 bits per heavy atom. The molecule has 25 heavy (non-hydrogen) atoms. The van der Waals surface area contributed by atoms with Crippen molar-refractivity contribution < 1.29 is 4.43 Å². The van der Waals surface area contributed by atoms with Gasteiger partial charge < -0.3 is 4.43 Å². The number of nitrogens with zero attached hydrogens (tertiary/aromatic N) is 3. The van der Waals surface area contributed by atoms with Gasteiger partial charge in [-0.25, -0.2) is 15.0 Å². The van der Waals surface area contributed by atoms with Gasteiger partial charge in [0.2, 0.25) is 0 Å². The summed E-state index contributed by atoms with van der Waals surface area (Å²) < 4.78 is 6.05. The van der Waals surface area contributed by atoms with Crippen molar-refractivity contribution in [2.45, 2.75) is 20.0 Å². The van der Waals surface area contributed by atoms with Crippen LogP contribution in [0.3, 0.4) is 0 Å². The molecule has 0 amide bonds. The summed E-state index contributed by atoms with van der Waals surface area (Å²) in [6, 6.07) is 17.8. The summed E-state index contributed by atoms with van der Waals surface area (Å²) in [6.45, 7) is 6.27. The lowest BCUT2D eigenvalue weighted by molar-refractivity contribution is 0.581. The largest absolute Gasteiger partial charge is 0.541 e. The molecular formula is C20H20N3OSi. The molecule has 0 aliphatic heterocycles. The van der Waals surface area contributed by atoms with Gasteiger partial charge in [0.15, 0.2) is 5.82 Å². The number of aryl methyl sites for hydroxylation is 1. The van der Waals surface area contributed by atoms with Crippen LogP contribution in [0.15, 0.2) is 72.0 Å². The van der Waals surface area contributed by atoms with Crippen LogP contribution in [-0.4, -0.2) is 24.7 Å². The molecule has 0 saturated heterocycles. The SMILES string of the molecule is Cc1ccc(N=C(c2ccccc2)c2ncccn2)c(O[Si](C)C)c1. The first-order valence-corrected chi connectivity index (χ1v) is 10.5. The summed E-state index contributed by atoms with van der Waals surface area (Å²) >= 11 is 0. The average molecular weight is 346 g/mol. The summed E-state index contributed by atoms with van der Waals surface area (Å²) in [7, 11) is -0.889. The predicted molar refractivity (Wildman–Crippen MR) is 103 cm³/mol. The highest BCUT2D eigenvalue weighted by atomic mass is 28.3. The number of rotatable bonds is 5. The molecule has 0 N–H and O–H groups in total. The molecule has 4 nitrogen and oxygen atoms in total. The summed E-state index contributed by atoms with van der Waals surface area (Å²) in [4.78, 5) is 13.6. The molecule has 0 atom stereocenters. The number of hydrogen-bond acceptors (Lipinski definition) is 4. The average Bonchev–Trinajstić information content (AvgIpc) is 2.62. The maximum Gasteiger partial charge on any atom is 0.274 e. The quantitative estimate of drug-likeness (QED) is 0.502. The number of benzene rings is 2. The molecule has 0 aliphatic rings. The van der Waals surface area contributed by atoms with E-state index in [0.29, 0.717) is 5.82 Å². The molecule has 2 aromatic carbocycles. The van der Waals surface area contributed by atoms with Gasteiger partial charge in [-0.2, -0.15) is 0 Å². The van der Waals surface area contributed by atoms with Gasteiger partial charge in [0.1, 0.15) is 17.1 Å². The van der Waals surface area contributed by atoms with Crippen LogP contribution in [0.1, 0.15) is 17.0 Å². The first-order valence-electron chi connectivity index (χ1n) is 8.13. The molecule has 0 saturated carbocycles. The van der Waals surface area contributed by atoms with E-state index in [2.05, 4.69) is 30.0 Å². The Balaban J connectivity index is 2.14. The minimum atomic E-state index is -0.889. The van der Waals surface area contributed by atoms with Crippen LogP contribution in [0.5, 0.6) is 5.75 Å². The second-order valence-corrected chi connectivity index (χ2v) is 7.90. The zero-order valence-electron chi connectivity index (χ0n) is 14.6. The fraction of sp³-hybridized carbons (Fsp3) is 0.150. The second kappa shape index (κ2) is 7.85. The minimum Gasteiger partial charge on any atom is -0.541 e. The van der Waals surface area contributed by atoms with E-state index in [0.717, 1.165) is 28.3 Å². The molecule has 3 aromatic rings. The lowest BCUT2D eigenvalue weighted by atomic mass is 10.1. The van der Waals surface area contributed by atoms with E-state index in [4.69, 9.17) is 9.42 Å². The number of aliphatic imine (C=N–C) groups is 1. The first-order chi connectivity index (χ1) is 12.1. The van der Waals surface area contributed by atoms with E-state index < -0.39 is 9.04 Å². The van der Waals surface area contributed by atoms with Crippen molar-refractivity contribution in [3.8, 4) is 5.75 Å². The van der Waals surface area contributed by atoms with Gasteiger partial charge in [0.05, 0.1) is 0 Å². The zero-order valence-corrected chi connectivity index (χ0v) is 15.6. The fourth-order valence-corrected chi connectivity index (χ4v) is 3.00. The normalized spacial score (nSPS) is 11.6. The van der Waals surface area contributed by atoms with Crippen LogP contribution in [0, 0.1) is 6.92 Å². The van der Waals surface area contributed by atoms with Crippen LogP contribution in [0.2, 0.25) is 13.1 Å². The molecule has 1 heterocycles. The molecule has 3 rings (SSSR count). The molecule has 0 bridgehead atoms. The molecule has 125 valence electrons. The van der Waals surface area contributed by atoms with Gasteiger partial charge in [-0.3, -0.25) is 0 Å². The summed E-state index contributed by atoms with van der Waals surface area (Å²) in [5, 5.41) is 0. The van der Waals surface area contributed by atoms with E-state index in [1.54, 1.807) is 18.5 Å². The van der Waals surface area contributed by atoms with Gasteiger partial charge >= 0.3 is 0 Å². The third-order valence-electron chi connectivity index (χ3n) is 3.49. The van der Waals surface area contributed by atoms with Crippen LogP contribution in [0.25, 0.3) is 0 Å². The molecule has 0 fully saturated rings. The molecular weight excluding hydrogens is 326 g/mol. The van der Waals surface area contributed by atoms with E-state index in [1.807, 2.05) is 48.5 Å². The van der Waals surface area contributed by atoms with E-state index in [9.17, 15) is 0 Å². The highest BCUT2D eigenvalue weighted by Gasteiger charge is 2.13. The zero-order chi connectivity index (χ0) is 17.6.